The number of rotatable bonds is 5. The summed E-state index contributed by atoms with van der Waals surface area (Å²) in [4.78, 5) is 12.3. The van der Waals surface area contributed by atoms with Gasteiger partial charge in [0.2, 0.25) is 0 Å². The Bertz CT molecular complexity index is 923. The number of aliphatic hydroxyl groups is 2. The van der Waals surface area contributed by atoms with Crippen LogP contribution in [0.2, 0.25) is 0 Å². The molecule has 1 aliphatic heterocycles. The van der Waals surface area contributed by atoms with Crippen molar-refractivity contribution < 1.29 is 19.7 Å². The first-order chi connectivity index (χ1) is 12.5. The first kappa shape index (κ1) is 18.1. The normalized spacial score (nSPS) is 15.2. The molecule has 1 aromatic heterocycles. The molecule has 0 bridgehead atoms. The van der Waals surface area contributed by atoms with Crippen molar-refractivity contribution in [2.75, 3.05) is 13.7 Å². The molecule has 2 aromatic rings. The number of hydrogen-bond donors (Lipinski definition) is 2. The Morgan fingerprint density at radius 3 is 2.73 bits per heavy atom. The number of methoxy groups -OCH3 is 1. The number of terminal acetylenes is 1. The average molecular weight is 355 g/mol. The van der Waals surface area contributed by atoms with Crippen LogP contribution in [0, 0.1) is 12.3 Å². The van der Waals surface area contributed by atoms with Gasteiger partial charge in [0.05, 0.1) is 18.4 Å². The van der Waals surface area contributed by atoms with Crippen LogP contribution in [-0.4, -0.2) is 28.5 Å². The molecule has 3 rings (SSSR count). The van der Waals surface area contributed by atoms with Gasteiger partial charge in [-0.05, 0) is 30.5 Å². The molecule has 0 amide bonds. The van der Waals surface area contributed by atoms with Gasteiger partial charge >= 0.3 is 0 Å². The van der Waals surface area contributed by atoms with Crippen LogP contribution in [0.15, 0.2) is 29.2 Å². The van der Waals surface area contributed by atoms with Gasteiger partial charge in [-0.1, -0.05) is 12.8 Å². The van der Waals surface area contributed by atoms with Gasteiger partial charge in [-0.15, -0.1) is 6.42 Å². The van der Waals surface area contributed by atoms with E-state index < -0.39 is 11.7 Å². The first-order valence-corrected chi connectivity index (χ1v) is 8.39. The van der Waals surface area contributed by atoms with E-state index in [0.29, 0.717) is 17.2 Å². The van der Waals surface area contributed by atoms with Crippen LogP contribution in [0.5, 0.6) is 11.5 Å². The zero-order valence-electron chi connectivity index (χ0n) is 14.7. The molecule has 2 heterocycles. The molecule has 0 saturated carbocycles. The second-order valence-corrected chi connectivity index (χ2v) is 6.18. The number of benzene rings is 1. The fraction of sp³-hybridized carbons (Fsp3) is 0.350. The molecule has 0 fully saturated rings. The topological polar surface area (TPSA) is 80.9 Å². The predicted octanol–water partition coefficient (Wildman–Crippen LogP) is 2.03. The van der Waals surface area contributed by atoms with Gasteiger partial charge in [0, 0.05) is 23.9 Å². The monoisotopic (exact) mass is 355 g/mol. The van der Waals surface area contributed by atoms with Crippen LogP contribution in [-0.2, 0) is 6.42 Å². The van der Waals surface area contributed by atoms with E-state index in [2.05, 4.69) is 5.92 Å². The third-order valence-corrected chi connectivity index (χ3v) is 4.68. The molecule has 1 aliphatic rings. The Hall–Kier alpha value is -2.75. The molecule has 26 heavy (non-hydrogen) atoms. The van der Waals surface area contributed by atoms with E-state index in [1.165, 1.54) is 12.3 Å². The maximum atomic E-state index is 12.3. The summed E-state index contributed by atoms with van der Waals surface area (Å²) in [5.74, 6) is 3.53. The largest absolute Gasteiger partial charge is 0.493 e. The quantitative estimate of drug-likeness (QED) is 0.634. The second kappa shape index (κ2) is 7.24. The van der Waals surface area contributed by atoms with Crippen LogP contribution in [0.1, 0.15) is 36.8 Å². The minimum Gasteiger partial charge on any atom is -0.493 e. The highest BCUT2D eigenvalue weighted by Gasteiger charge is 2.26. The number of ether oxygens (including phenoxy) is 2. The van der Waals surface area contributed by atoms with Gasteiger partial charge in [-0.3, -0.25) is 4.79 Å². The van der Waals surface area contributed by atoms with E-state index in [0.717, 1.165) is 24.0 Å². The molecule has 0 radical (unpaired) electrons. The highest BCUT2D eigenvalue weighted by molar-refractivity contribution is 5.70. The molecule has 0 aliphatic carbocycles. The van der Waals surface area contributed by atoms with Crippen molar-refractivity contribution in [3.8, 4) is 35.1 Å². The number of aliphatic hydroxyl groups excluding tert-OH is 1. The van der Waals surface area contributed by atoms with Gasteiger partial charge in [0.1, 0.15) is 6.61 Å². The van der Waals surface area contributed by atoms with E-state index in [-0.39, 0.29) is 18.2 Å². The summed E-state index contributed by atoms with van der Waals surface area (Å²) in [5.41, 5.74) is 2.16. The van der Waals surface area contributed by atoms with E-state index in [1.54, 1.807) is 7.11 Å². The van der Waals surface area contributed by atoms with Crippen molar-refractivity contribution in [1.29, 1.82) is 0 Å². The third kappa shape index (κ3) is 3.07. The van der Waals surface area contributed by atoms with Crippen LogP contribution in [0.3, 0.4) is 0 Å². The van der Waals surface area contributed by atoms with Crippen LogP contribution >= 0.6 is 0 Å². The summed E-state index contributed by atoms with van der Waals surface area (Å²) in [5, 5.41) is 18.9. The van der Waals surface area contributed by atoms with Crippen LogP contribution in [0.4, 0.5) is 0 Å². The molecule has 0 spiro atoms. The van der Waals surface area contributed by atoms with E-state index in [4.69, 9.17) is 15.9 Å². The Kier molecular flexibility index (Phi) is 5.03. The molecule has 0 saturated heterocycles. The third-order valence-electron chi connectivity index (χ3n) is 4.68. The smallest absolute Gasteiger partial charge is 0.190 e. The van der Waals surface area contributed by atoms with Crippen molar-refractivity contribution in [2.45, 2.75) is 32.1 Å². The van der Waals surface area contributed by atoms with Gasteiger partial charge in [-0.25, -0.2) is 0 Å². The van der Waals surface area contributed by atoms with Gasteiger partial charge in [0.25, 0.3) is 0 Å². The Morgan fingerprint density at radius 1 is 1.35 bits per heavy atom. The van der Waals surface area contributed by atoms with Gasteiger partial charge < -0.3 is 24.3 Å². The molecule has 6 nitrogen and oxygen atoms in total. The van der Waals surface area contributed by atoms with Crippen molar-refractivity contribution in [2.24, 2.45) is 0 Å². The number of aromatic nitrogens is 1. The first-order valence-electron chi connectivity index (χ1n) is 8.39. The molecule has 6 heteroatoms. The Balaban J connectivity index is 2.21. The van der Waals surface area contributed by atoms with Crippen LogP contribution < -0.4 is 14.9 Å². The van der Waals surface area contributed by atoms with E-state index in [1.807, 2.05) is 23.6 Å². The maximum Gasteiger partial charge on any atom is 0.190 e. The minimum absolute atomic E-state index is 0.0309. The summed E-state index contributed by atoms with van der Waals surface area (Å²) >= 11 is 0. The SMILES string of the molecule is C#CCOc1cc2c(cc1OC)-c1cc(=O)c(C(O)O)cn1C(CC)C2. The van der Waals surface area contributed by atoms with Gasteiger partial charge in [0.15, 0.2) is 23.2 Å². The zero-order chi connectivity index (χ0) is 18.8. The molecule has 1 aromatic carbocycles. The summed E-state index contributed by atoms with van der Waals surface area (Å²) in [6.45, 7) is 2.19. The van der Waals surface area contributed by atoms with Gasteiger partial charge in [-0.2, -0.15) is 0 Å². The number of hydrogen-bond acceptors (Lipinski definition) is 5. The van der Waals surface area contributed by atoms with Crippen molar-refractivity contribution in [3.63, 3.8) is 0 Å². The van der Waals surface area contributed by atoms with Crippen molar-refractivity contribution >= 4 is 0 Å². The number of fused-ring (bicyclic) bond motifs is 3. The lowest BCUT2D eigenvalue weighted by molar-refractivity contribution is -0.0437. The molecule has 1 unspecified atom stereocenters. The Morgan fingerprint density at radius 2 is 2.12 bits per heavy atom. The standard InChI is InChI=1S/C20H21NO5/c1-4-6-26-19-8-12-7-13(5-2)21-11-15(20(23)24)17(22)10-16(21)14(12)9-18(19)25-3/h1,8-11,13,20,23-24H,5-7H2,2-3H3. The summed E-state index contributed by atoms with van der Waals surface area (Å²) in [7, 11) is 1.54. The molecule has 1 atom stereocenters. The highest BCUT2D eigenvalue weighted by atomic mass is 16.5. The predicted molar refractivity (Wildman–Crippen MR) is 97.2 cm³/mol. The number of pyridine rings is 1. The fourth-order valence-corrected chi connectivity index (χ4v) is 3.37. The van der Waals surface area contributed by atoms with Crippen molar-refractivity contribution in [1.82, 2.24) is 4.57 Å². The zero-order valence-corrected chi connectivity index (χ0v) is 14.7. The van der Waals surface area contributed by atoms with Crippen LogP contribution in [0.25, 0.3) is 11.3 Å². The molecule has 136 valence electrons. The fourth-order valence-electron chi connectivity index (χ4n) is 3.37. The van der Waals surface area contributed by atoms with E-state index >= 15 is 0 Å². The lowest BCUT2D eigenvalue weighted by Crippen LogP contribution is -2.24. The molecular formula is C20H21NO5. The maximum absolute atomic E-state index is 12.3. The average Bonchev–Trinajstić information content (AvgIpc) is 2.64. The summed E-state index contributed by atoms with van der Waals surface area (Å²) in [6, 6.07) is 5.26. The summed E-state index contributed by atoms with van der Waals surface area (Å²) < 4.78 is 12.9. The lowest BCUT2D eigenvalue weighted by Gasteiger charge is -2.31. The van der Waals surface area contributed by atoms with E-state index in [9.17, 15) is 15.0 Å². The van der Waals surface area contributed by atoms with Crippen molar-refractivity contribution in [3.05, 3.63) is 45.7 Å². The second-order valence-electron chi connectivity index (χ2n) is 6.18. The highest BCUT2D eigenvalue weighted by Crippen LogP contribution is 2.41. The number of nitrogens with zero attached hydrogens (tertiary/aromatic N) is 1. The lowest BCUT2D eigenvalue weighted by atomic mass is 9.90. The Labute approximate surface area is 151 Å². The molecule has 2 N–H and O–H groups in total. The molecular weight excluding hydrogens is 334 g/mol. The minimum atomic E-state index is -1.80. The summed E-state index contributed by atoms with van der Waals surface area (Å²) in [6.07, 6.45) is 6.56.